The number of nitrogens with zero attached hydrogens (tertiary/aromatic N) is 2. The summed E-state index contributed by atoms with van der Waals surface area (Å²) in [5, 5.41) is 5.88. The maximum Gasteiger partial charge on any atom is 0.272 e. The van der Waals surface area contributed by atoms with Crippen LogP contribution in [-0.4, -0.2) is 24.2 Å². The molecule has 40 heavy (non-hydrogen) atoms. The van der Waals surface area contributed by atoms with E-state index < -0.39 is 0 Å². The lowest BCUT2D eigenvalue weighted by atomic mass is 10.0. The van der Waals surface area contributed by atoms with E-state index in [1.807, 2.05) is 66.7 Å². The summed E-state index contributed by atoms with van der Waals surface area (Å²) < 4.78 is 12.4. The van der Waals surface area contributed by atoms with Crippen LogP contribution in [0.2, 0.25) is 10.0 Å². The molecular formula is C31H22BrCl2N3O3. The van der Waals surface area contributed by atoms with Crippen molar-refractivity contribution in [3.05, 3.63) is 122 Å². The van der Waals surface area contributed by atoms with Gasteiger partial charge >= 0.3 is 0 Å². The standard InChI is InChI=1S/C31H22BrCl2N3O3/c1-39-29-15-22(32)14-21(30(29)40-18-19-11-12-25(33)26(34)13-19)17-35-37-31(38)24-16-28(20-7-3-2-4-8-20)36-27-10-6-5-9-23(24)27/h2-17H,18H2,1H3,(H,37,38)/b35-17-. The van der Waals surface area contributed by atoms with Crippen LogP contribution in [0.1, 0.15) is 21.5 Å². The van der Waals surface area contributed by atoms with Gasteiger partial charge in [0, 0.05) is 21.0 Å². The third-order valence-electron chi connectivity index (χ3n) is 6.04. The molecule has 5 aromatic rings. The number of nitrogens with one attached hydrogen (secondary N) is 1. The number of hydrogen-bond donors (Lipinski definition) is 1. The van der Waals surface area contributed by atoms with Gasteiger partial charge in [-0.1, -0.05) is 93.7 Å². The maximum atomic E-state index is 13.3. The number of pyridine rings is 1. The zero-order chi connectivity index (χ0) is 28.1. The molecule has 0 unspecified atom stereocenters. The van der Waals surface area contributed by atoms with Crippen molar-refractivity contribution in [2.45, 2.75) is 6.61 Å². The molecule has 0 bridgehead atoms. The summed E-state index contributed by atoms with van der Waals surface area (Å²) in [7, 11) is 1.55. The van der Waals surface area contributed by atoms with Crippen molar-refractivity contribution in [1.82, 2.24) is 10.4 Å². The Kier molecular flexibility index (Phi) is 8.65. The molecule has 1 N–H and O–H groups in total. The monoisotopic (exact) mass is 633 g/mol. The summed E-state index contributed by atoms with van der Waals surface area (Å²) in [6.07, 6.45) is 1.51. The first kappa shape index (κ1) is 27.6. The van der Waals surface area contributed by atoms with Crippen LogP contribution in [0.25, 0.3) is 22.2 Å². The molecule has 0 radical (unpaired) electrons. The molecule has 200 valence electrons. The number of amides is 1. The average Bonchev–Trinajstić information content (AvgIpc) is 2.97. The summed E-state index contributed by atoms with van der Waals surface area (Å²) in [6.45, 7) is 0.216. The number of aromatic nitrogens is 1. The first-order chi connectivity index (χ1) is 19.4. The smallest absolute Gasteiger partial charge is 0.272 e. The lowest BCUT2D eigenvalue weighted by Crippen LogP contribution is -2.18. The van der Waals surface area contributed by atoms with Crippen molar-refractivity contribution < 1.29 is 14.3 Å². The van der Waals surface area contributed by atoms with Gasteiger partial charge in [0.2, 0.25) is 0 Å². The first-order valence-corrected chi connectivity index (χ1v) is 13.7. The summed E-state index contributed by atoms with van der Waals surface area (Å²) in [4.78, 5) is 18.1. The quantitative estimate of drug-likeness (QED) is 0.138. The molecule has 6 nitrogen and oxygen atoms in total. The molecule has 4 aromatic carbocycles. The van der Waals surface area contributed by atoms with Crippen LogP contribution in [0.5, 0.6) is 11.5 Å². The fourth-order valence-corrected chi connectivity index (χ4v) is 4.89. The third-order valence-corrected chi connectivity index (χ3v) is 7.23. The first-order valence-electron chi connectivity index (χ1n) is 12.2. The predicted octanol–water partition coefficient (Wildman–Crippen LogP) is 8.32. The molecule has 0 saturated heterocycles. The van der Waals surface area contributed by atoms with Crippen molar-refractivity contribution in [3.8, 4) is 22.8 Å². The fourth-order valence-electron chi connectivity index (χ4n) is 4.12. The number of ether oxygens (including phenoxy) is 2. The summed E-state index contributed by atoms with van der Waals surface area (Å²) in [5.41, 5.74) is 6.86. The molecule has 9 heteroatoms. The van der Waals surface area contributed by atoms with Crippen molar-refractivity contribution in [2.24, 2.45) is 5.10 Å². The molecule has 0 aliphatic heterocycles. The Morgan fingerprint density at radius 2 is 1.75 bits per heavy atom. The van der Waals surface area contributed by atoms with Crippen LogP contribution in [0, 0.1) is 0 Å². The number of hydrazone groups is 1. The van der Waals surface area contributed by atoms with Crippen LogP contribution < -0.4 is 14.9 Å². The molecule has 5 rings (SSSR count). The summed E-state index contributed by atoms with van der Waals surface area (Å²) in [5.74, 6) is 0.581. The number of carbonyl (C=O) groups is 1. The van der Waals surface area contributed by atoms with Crippen LogP contribution >= 0.6 is 39.1 Å². The normalized spacial score (nSPS) is 11.1. The number of hydrogen-bond acceptors (Lipinski definition) is 5. The van der Waals surface area contributed by atoms with E-state index in [9.17, 15) is 4.79 Å². The molecule has 0 fully saturated rings. The average molecular weight is 635 g/mol. The van der Waals surface area contributed by atoms with Gasteiger partial charge < -0.3 is 9.47 Å². The minimum absolute atomic E-state index is 0.216. The van der Waals surface area contributed by atoms with Crippen molar-refractivity contribution >= 4 is 62.2 Å². The Morgan fingerprint density at radius 1 is 0.975 bits per heavy atom. The van der Waals surface area contributed by atoms with Gasteiger partial charge in [-0.05, 0) is 42.0 Å². The van der Waals surface area contributed by atoms with E-state index in [1.165, 1.54) is 6.21 Å². The van der Waals surface area contributed by atoms with Gasteiger partial charge in [0.25, 0.3) is 5.91 Å². The second-order valence-corrected chi connectivity index (χ2v) is 10.4. The van der Waals surface area contributed by atoms with Crippen LogP contribution in [0.4, 0.5) is 0 Å². The van der Waals surface area contributed by atoms with Gasteiger partial charge in [-0.3, -0.25) is 4.79 Å². The number of halogens is 3. The SMILES string of the molecule is COc1cc(Br)cc(/C=N\NC(=O)c2cc(-c3ccccc3)nc3ccccc23)c1OCc1ccc(Cl)c(Cl)c1. The second-order valence-electron chi connectivity index (χ2n) is 8.70. The highest BCUT2D eigenvalue weighted by atomic mass is 79.9. The third kappa shape index (κ3) is 6.28. The Bertz CT molecular complexity index is 1730. The van der Waals surface area contributed by atoms with Gasteiger partial charge in [0.1, 0.15) is 6.61 Å². The molecule has 1 aromatic heterocycles. The van der Waals surface area contributed by atoms with E-state index >= 15 is 0 Å². The lowest BCUT2D eigenvalue weighted by molar-refractivity contribution is 0.0956. The molecule has 1 heterocycles. The highest BCUT2D eigenvalue weighted by molar-refractivity contribution is 9.10. The van der Waals surface area contributed by atoms with Crippen LogP contribution in [0.3, 0.4) is 0 Å². The van der Waals surface area contributed by atoms with Crippen molar-refractivity contribution in [1.29, 1.82) is 0 Å². The van der Waals surface area contributed by atoms with Crippen molar-refractivity contribution in [2.75, 3.05) is 7.11 Å². The molecule has 0 atom stereocenters. The van der Waals surface area contributed by atoms with E-state index in [4.69, 9.17) is 37.7 Å². The molecular weight excluding hydrogens is 613 g/mol. The predicted molar refractivity (Wildman–Crippen MR) is 164 cm³/mol. The summed E-state index contributed by atoms with van der Waals surface area (Å²) >= 11 is 15.7. The maximum absolute atomic E-state index is 13.3. The molecule has 1 amide bonds. The number of benzene rings is 4. The highest BCUT2D eigenvalue weighted by Crippen LogP contribution is 2.35. The van der Waals surface area contributed by atoms with E-state index in [-0.39, 0.29) is 12.5 Å². The highest BCUT2D eigenvalue weighted by Gasteiger charge is 2.15. The van der Waals surface area contributed by atoms with Crippen LogP contribution in [0.15, 0.2) is 101 Å². The number of rotatable bonds is 8. The Balaban J connectivity index is 1.42. The molecule has 0 aliphatic carbocycles. The number of para-hydroxylation sites is 1. The minimum Gasteiger partial charge on any atom is -0.493 e. The van der Waals surface area contributed by atoms with E-state index in [0.29, 0.717) is 43.9 Å². The zero-order valence-electron chi connectivity index (χ0n) is 21.2. The van der Waals surface area contributed by atoms with Gasteiger partial charge in [-0.25, -0.2) is 10.4 Å². The van der Waals surface area contributed by atoms with Gasteiger partial charge in [-0.2, -0.15) is 5.10 Å². The van der Waals surface area contributed by atoms with Gasteiger partial charge in [0.05, 0.1) is 40.1 Å². The number of methoxy groups -OCH3 is 1. The topological polar surface area (TPSA) is 72.8 Å². The summed E-state index contributed by atoms with van der Waals surface area (Å²) in [6, 6.07) is 27.9. The van der Waals surface area contributed by atoms with Gasteiger partial charge in [0.15, 0.2) is 11.5 Å². The zero-order valence-corrected chi connectivity index (χ0v) is 24.3. The molecule has 0 spiro atoms. The fraction of sp³-hybridized carbons (Fsp3) is 0.0645. The molecule has 0 saturated carbocycles. The second kappa shape index (κ2) is 12.5. The Labute approximate surface area is 249 Å². The molecule has 0 aliphatic rings. The Hall–Kier alpha value is -3.91. The van der Waals surface area contributed by atoms with E-state index in [2.05, 4.69) is 26.5 Å². The van der Waals surface area contributed by atoms with Gasteiger partial charge in [-0.15, -0.1) is 0 Å². The minimum atomic E-state index is -0.368. The number of fused-ring (bicyclic) bond motifs is 1. The van der Waals surface area contributed by atoms with Crippen molar-refractivity contribution in [3.63, 3.8) is 0 Å². The van der Waals surface area contributed by atoms with E-state index in [0.717, 1.165) is 21.0 Å². The van der Waals surface area contributed by atoms with Crippen LogP contribution in [-0.2, 0) is 6.61 Å². The number of carbonyl (C=O) groups excluding carboxylic acids is 1. The largest absolute Gasteiger partial charge is 0.493 e. The lowest BCUT2D eigenvalue weighted by Gasteiger charge is -2.14. The van der Waals surface area contributed by atoms with E-state index in [1.54, 1.807) is 31.4 Å². The Morgan fingerprint density at radius 3 is 2.52 bits per heavy atom.